The van der Waals surface area contributed by atoms with Gasteiger partial charge < -0.3 is 9.73 Å². The van der Waals surface area contributed by atoms with E-state index in [9.17, 15) is 9.59 Å². The van der Waals surface area contributed by atoms with Crippen molar-refractivity contribution in [2.75, 3.05) is 5.32 Å². The number of nitrogens with zero attached hydrogens (tertiary/aromatic N) is 2. The van der Waals surface area contributed by atoms with Crippen molar-refractivity contribution in [1.29, 1.82) is 0 Å². The molecule has 2 aromatic carbocycles. The van der Waals surface area contributed by atoms with Crippen molar-refractivity contribution in [3.8, 4) is 0 Å². The number of hydrogen-bond donors (Lipinski definition) is 2. The minimum Gasteiger partial charge on any atom is -0.408 e. The zero-order chi connectivity index (χ0) is 17.6. The van der Waals surface area contributed by atoms with Crippen molar-refractivity contribution in [2.24, 2.45) is 7.05 Å². The maximum atomic E-state index is 12.3. The summed E-state index contributed by atoms with van der Waals surface area (Å²) >= 11 is 3.40. The average molecular weight is 401 g/mol. The van der Waals surface area contributed by atoms with Gasteiger partial charge in [0.05, 0.1) is 17.5 Å². The summed E-state index contributed by atoms with van der Waals surface area (Å²) in [7, 11) is 1.64. The van der Waals surface area contributed by atoms with Gasteiger partial charge in [0.15, 0.2) is 11.4 Å². The van der Waals surface area contributed by atoms with Crippen molar-refractivity contribution >= 4 is 49.7 Å². The molecule has 0 atom stereocenters. The van der Waals surface area contributed by atoms with Gasteiger partial charge in [0, 0.05) is 16.9 Å². The summed E-state index contributed by atoms with van der Waals surface area (Å²) < 4.78 is 7.50. The van der Waals surface area contributed by atoms with Crippen LogP contribution < -0.4 is 11.1 Å². The van der Waals surface area contributed by atoms with Crippen LogP contribution in [0.3, 0.4) is 0 Å². The Bertz CT molecular complexity index is 1170. The Hall–Kier alpha value is -2.87. The SMILES string of the molecule is Cn1c(=O)oc2cc(CC(=O)Nc3n[nH]c4cc(Br)ccc34)ccc21. The third-order valence-corrected chi connectivity index (χ3v) is 4.50. The first kappa shape index (κ1) is 15.6. The molecule has 4 rings (SSSR count). The lowest BCUT2D eigenvalue weighted by molar-refractivity contribution is -0.115. The van der Waals surface area contributed by atoms with Crippen LogP contribution in [0.25, 0.3) is 22.0 Å². The first-order valence-corrected chi connectivity index (χ1v) is 8.32. The van der Waals surface area contributed by atoms with Gasteiger partial charge in [-0.2, -0.15) is 5.10 Å². The largest absolute Gasteiger partial charge is 0.419 e. The molecule has 0 aliphatic rings. The number of amides is 1. The number of oxazole rings is 1. The Morgan fingerprint density at radius 2 is 2.16 bits per heavy atom. The van der Waals surface area contributed by atoms with Crippen molar-refractivity contribution in [1.82, 2.24) is 14.8 Å². The summed E-state index contributed by atoms with van der Waals surface area (Å²) in [5, 5.41) is 10.7. The van der Waals surface area contributed by atoms with Gasteiger partial charge in [0.25, 0.3) is 0 Å². The van der Waals surface area contributed by atoms with Crippen molar-refractivity contribution in [3.63, 3.8) is 0 Å². The molecule has 0 bridgehead atoms. The molecule has 2 N–H and O–H groups in total. The fourth-order valence-electron chi connectivity index (χ4n) is 2.74. The summed E-state index contributed by atoms with van der Waals surface area (Å²) in [5.41, 5.74) is 2.74. The fourth-order valence-corrected chi connectivity index (χ4v) is 3.10. The van der Waals surface area contributed by atoms with E-state index in [0.717, 1.165) is 20.9 Å². The molecule has 0 aliphatic carbocycles. The van der Waals surface area contributed by atoms with E-state index >= 15 is 0 Å². The summed E-state index contributed by atoms with van der Waals surface area (Å²) in [4.78, 5) is 23.9. The van der Waals surface area contributed by atoms with E-state index in [-0.39, 0.29) is 12.3 Å². The van der Waals surface area contributed by atoms with Gasteiger partial charge in [0.2, 0.25) is 5.91 Å². The second-order valence-corrected chi connectivity index (χ2v) is 6.63. The molecule has 0 aliphatic heterocycles. The lowest BCUT2D eigenvalue weighted by atomic mass is 10.1. The number of hydrogen-bond acceptors (Lipinski definition) is 4. The average Bonchev–Trinajstić information content (AvgIpc) is 3.08. The third kappa shape index (κ3) is 2.85. The molecule has 0 saturated carbocycles. The van der Waals surface area contributed by atoms with Crippen LogP contribution in [0.15, 0.2) is 50.1 Å². The lowest BCUT2D eigenvalue weighted by Gasteiger charge is -2.03. The molecule has 7 nitrogen and oxygen atoms in total. The van der Waals surface area contributed by atoms with Crippen LogP contribution in [-0.4, -0.2) is 20.7 Å². The zero-order valence-corrected chi connectivity index (χ0v) is 14.8. The monoisotopic (exact) mass is 400 g/mol. The molecule has 1 amide bonds. The predicted octanol–water partition coefficient (Wildman–Crippen LogP) is 2.95. The number of carbonyl (C=O) groups is 1. The van der Waals surface area contributed by atoms with E-state index in [1.165, 1.54) is 4.57 Å². The van der Waals surface area contributed by atoms with E-state index in [2.05, 4.69) is 31.4 Å². The Kier molecular flexibility index (Phi) is 3.69. The third-order valence-electron chi connectivity index (χ3n) is 4.00. The predicted molar refractivity (Wildman–Crippen MR) is 97.6 cm³/mol. The van der Waals surface area contributed by atoms with Crippen LogP contribution in [-0.2, 0) is 18.3 Å². The Morgan fingerprint density at radius 1 is 1.32 bits per heavy atom. The van der Waals surface area contributed by atoms with E-state index in [1.54, 1.807) is 25.2 Å². The number of anilines is 1. The van der Waals surface area contributed by atoms with Gasteiger partial charge in [-0.1, -0.05) is 22.0 Å². The molecule has 0 spiro atoms. The van der Waals surface area contributed by atoms with Gasteiger partial charge in [-0.25, -0.2) is 4.79 Å². The molecule has 25 heavy (non-hydrogen) atoms. The normalized spacial score (nSPS) is 11.3. The number of benzene rings is 2. The second kappa shape index (κ2) is 5.89. The van der Waals surface area contributed by atoms with E-state index < -0.39 is 5.76 Å². The smallest absolute Gasteiger partial charge is 0.408 e. The van der Waals surface area contributed by atoms with Crippen molar-refractivity contribution < 1.29 is 9.21 Å². The molecule has 2 aromatic heterocycles. The maximum absolute atomic E-state index is 12.3. The molecule has 2 heterocycles. The van der Waals surface area contributed by atoms with Crippen LogP contribution in [0.2, 0.25) is 0 Å². The fraction of sp³-hybridized carbons (Fsp3) is 0.118. The van der Waals surface area contributed by atoms with Gasteiger partial charge in [0.1, 0.15) is 0 Å². The maximum Gasteiger partial charge on any atom is 0.419 e. The minimum atomic E-state index is -0.425. The quantitative estimate of drug-likeness (QED) is 0.552. The molecule has 0 saturated heterocycles. The molecule has 0 unspecified atom stereocenters. The zero-order valence-electron chi connectivity index (χ0n) is 13.2. The minimum absolute atomic E-state index is 0.152. The number of aromatic nitrogens is 3. The first-order valence-electron chi connectivity index (χ1n) is 7.53. The molecule has 8 heteroatoms. The Labute approximate surface area is 149 Å². The van der Waals surface area contributed by atoms with E-state index in [1.807, 2.05) is 18.2 Å². The van der Waals surface area contributed by atoms with Crippen molar-refractivity contribution in [3.05, 3.63) is 57.0 Å². The highest BCUT2D eigenvalue weighted by atomic mass is 79.9. The van der Waals surface area contributed by atoms with Gasteiger partial charge in [-0.05, 0) is 35.9 Å². The molecule has 0 fully saturated rings. The molecule has 0 radical (unpaired) electrons. The highest BCUT2D eigenvalue weighted by Crippen LogP contribution is 2.24. The van der Waals surface area contributed by atoms with Gasteiger partial charge in [-0.3, -0.25) is 14.5 Å². The second-order valence-electron chi connectivity index (χ2n) is 5.72. The summed E-state index contributed by atoms with van der Waals surface area (Å²) in [5.74, 6) is -0.139. The highest BCUT2D eigenvalue weighted by Gasteiger charge is 2.12. The number of aryl methyl sites for hydroxylation is 1. The number of nitrogens with one attached hydrogen (secondary N) is 2. The van der Waals surface area contributed by atoms with Crippen LogP contribution in [0.4, 0.5) is 5.82 Å². The van der Waals surface area contributed by atoms with Gasteiger partial charge >= 0.3 is 5.76 Å². The topological polar surface area (TPSA) is 92.9 Å². The highest BCUT2D eigenvalue weighted by molar-refractivity contribution is 9.10. The number of fused-ring (bicyclic) bond motifs is 2. The van der Waals surface area contributed by atoms with Crippen LogP contribution in [0.5, 0.6) is 0 Å². The number of rotatable bonds is 3. The Morgan fingerprint density at radius 3 is 3.00 bits per heavy atom. The van der Waals surface area contributed by atoms with Crippen LogP contribution in [0, 0.1) is 0 Å². The number of aromatic amines is 1. The van der Waals surface area contributed by atoms with E-state index in [0.29, 0.717) is 16.9 Å². The number of H-pyrrole nitrogens is 1. The summed E-state index contributed by atoms with van der Waals surface area (Å²) in [6.07, 6.45) is 0.152. The van der Waals surface area contributed by atoms with E-state index in [4.69, 9.17) is 4.42 Å². The first-order chi connectivity index (χ1) is 12.0. The summed E-state index contributed by atoms with van der Waals surface area (Å²) in [6.45, 7) is 0. The molecular formula is C17H13BrN4O3. The lowest BCUT2D eigenvalue weighted by Crippen LogP contribution is -2.14. The standard InChI is InChI=1S/C17H13BrN4O3/c1-22-13-5-2-9(6-14(13)25-17(22)24)7-15(23)19-16-11-4-3-10(18)8-12(11)20-21-16/h2-6,8H,7H2,1H3,(H2,19,20,21,23). The number of halogens is 1. The molecule has 126 valence electrons. The summed E-state index contributed by atoms with van der Waals surface area (Å²) in [6, 6.07) is 10.9. The molecular weight excluding hydrogens is 388 g/mol. The number of carbonyl (C=O) groups excluding carboxylic acids is 1. The van der Waals surface area contributed by atoms with Crippen LogP contribution in [0.1, 0.15) is 5.56 Å². The Balaban J connectivity index is 1.56. The molecule has 4 aromatic rings. The van der Waals surface area contributed by atoms with Crippen LogP contribution >= 0.6 is 15.9 Å². The van der Waals surface area contributed by atoms with Crippen molar-refractivity contribution in [2.45, 2.75) is 6.42 Å². The van der Waals surface area contributed by atoms with Gasteiger partial charge in [-0.15, -0.1) is 0 Å².